The molecule has 1 unspecified atom stereocenters. The number of hydrogen-bond donors (Lipinski definition) is 2. The minimum Gasteiger partial charge on any atom is -0.490 e. The Morgan fingerprint density at radius 1 is 1.37 bits per heavy atom. The summed E-state index contributed by atoms with van der Waals surface area (Å²) in [7, 11) is 0. The summed E-state index contributed by atoms with van der Waals surface area (Å²) in [5.74, 6) is 6.68. The van der Waals surface area contributed by atoms with Crippen molar-refractivity contribution in [3.63, 3.8) is 0 Å². The van der Waals surface area contributed by atoms with Crippen molar-refractivity contribution >= 4 is 11.3 Å². The van der Waals surface area contributed by atoms with Crippen LogP contribution in [-0.4, -0.2) is 6.10 Å². The molecule has 0 radical (unpaired) electrons. The van der Waals surface area contributed by atoms with Gasteiger partial charge in [0, 0.05) is 0 Å². The van der Waals surface area contributed by atoms with Gasteiger partial charge in [-0.25, -0.2) is 5.43 Å². The third-order valence-corrected chi connectivity index (χ3v) is 4.27. The molecule has 0 spiro atoms. The molecule has 1 aromatic heterocycles. The lowest BCUT2D eigenvalue weighted by Gasteiger charge is -2.17. The Hall–Kier alpha value is -1.36. The number of thiophene rings is 1. The van der Waals surface area contributed by atoms with E-state index in [0.29, 0.717) is 6.10 Å². The van der Waals surface area contributed by atoms with Gasteiger partial charge in [0.2, 0.25) is 0 Å². The number of benzene rings is 1. The Balaban J connectivity index is 1.88. The molecular formula is C15H18N2OS. The fraction of sp³-hybridized carbons (Fsp3) is 0.333. The molecule has 3 N–H and O–H groups in total. The second-order valence-corrected chi connectivity index (χ2v) is 5.74. The first kappa shape index (κ1) is 12.7. The second kappa shape index (κ2) is 5.33. The highest BCUT2D eigenvalue weighted by atomic mass is 32.1. The summed E-state index contributed by atoms with van der Waals surface area (Å²) in [4.78, 5) is 0. The van der Waals surface area contributed by atoms with Crippen molar-refractivity contribution in [3.8, 4) is 5.75 Å². The molecule has 1 fully saturated rings. The van der Waals surface area contributed by atoms with E-state index in [1.54, 1.807) is 11.3 Å². The van der Waals surface area contributed by atoms with E-state index >= 15 is 0 Å². The predicted molar refractivity (Wildman–Crippen MR) is 78.3 cm³/mol. The molecule has 4 heteroatoms. The van der Waals surface area contributed by atoms with Crippen LogP contribution >= 0.6 is 11.3 Å². The molecule has 0 bridgehead atoms. The first-order chi connectivity index (χ1) is 9.28. The Kier molecular flexibility index (Phi) is 3.55. The maximum atomic E-state index is 5.84. The van der Waals surface area contributed by atoms with Crippen LogP contribution in [0.3, 0.4) is 0 Å². The Morgan fingerprint density at radius 2 is 2.21 bits per heavy atom. The minimum atomic E-state index is 0.0222. The van der Waals surface area contributed by atoms with E-state index in [2.05, 4.69) is 35.2 Å². The Labute approximate surface area is 117 Å². The van der Waals surface area contributed by atoms with Crippen molar-refractivity contribution in [1.29, 1.82) is 0 Å². The zero-order chi connectivity index (χ0) is 13.2. The van der Waals surface area contributed by atoms with Crippen molar-refractivity contribution in [2.24, 2.45) is 5.84 Å². The van der Waals surface area contributed by atoms with E-state index in [0.717, 1.165) is 11.3 Å². The molecule has 1 saturated carbocycles. The van der Waals surface area contributed by atoms with Crippen molar-refractivity contribution < 1.29 is 4.74 Å². The number of rotatable bonds is 5. The summed E-state index contributed by atoms with van der Waals surface area (Å²) in [6, 6.07) is 8.23. The van der Waals surface area contributed by atoms with Gasteiger partial charge in [-0.2, -0.15) is 11.3 Å². The van der Waals surface area contributed by atoms with Crippen LogP contribution in [0.15, 0.2) is 35.0 Å². The summed E-state index contributed by atoms with van der Waals surface area (Å²) in [5.41, 5.74) is 6.55. The van der Waals surface area contributed by atoms with E-state index in [-0.39, 0.29) is 6.04 Å². The zero-order valence-electron chi connectivity index (χ0n) is 10.9. The first-order valence-electron chi connectivity index (χ1n) is 6.53. The lowest BCUT2D eigenvalue weighted by molar-refractivity contribution is 0.302. The van der Waals surface area contributed by atoms with Gasteiger partial charge in [-0.05, 0) is 59.3 Å². The molecule has 0 saturated heterocycles. The lowest BCUT2D eigenvalue weighted by atomic mass is 9.99. The number of nitrogens with one attached hydrogen (secondary N) is 1. The van der Waals surface area contributed by atoms with Gasteiger partial charge in [-0.3, -0.25) is 5.84 Å². The van der Waals surface area contributed by atoms with Gasteiger partial charge in [0.1, 0.15) is 5.75 Å². The summed E-state index contributed by atoms with van der Waals surface area (Å²) < 4.78 is 5.84. The summed E-state index contributed by atoms with van der Waals surface area (Å²) >= 11 is 1.70. The van der Waals surface area contributed by atoms with Crippen LogP contribution in [0.25, 0.3) is 0 Å². The van der Waals surface area contributed by atoms with Crippen LogP contribution in [0.5, 0.6) is 5.75 Å². The van der Waals surface area contributed by atoms with Gasteiger partial charge >= 0.3 is 0 Å². The van der Waals surface area contributed by atoms with E-state index in [1.807, 2.05) is 12.1 Å². The number of aryl methyl sites for hydroxylation is 1. The summed E-state index contributed by atoms with van der Waals surface area (Å²) in [5, 5.41) is 4.29. The Bertz CT molecular complexity index is 563. The largest absolute Gasteiger partial charge is 0.490 e. The molecule has 1 aromatic carbocycles. The van der Waals surface area contributed by atoms with Crippen LogP contribution in [0, 0.1) is 6.92 Å². The maximum Gasteiger partial charge on any atom is 0.120 e. The number of ether oxygens (including phenoxy) is 1. The quantitative estimate of drug-likeness (QED) is 0.650. The van der Waals surface area contributed by atoms with E-state index in [9.17, 15) is 0 Å². The highest BCUT2D eigenvalue weighted by molar-refractivity contribution is 7.08. The zero-order valence-corrected chi connectivity index (χ0v) is 11.7. The van der Waals surface area contributed by atoms with Crippen molar-refractivity contribution in [2.75, 3.05) is 0 Å². The van der Waals surface area contributed by atoms with Crippen LogP contribution in [0.2, 0.25) is 0 Å². The molecule has 3 nitrogen and oxygen atoms in total. The molecule has 2 aromatic rings. The predicted octanol–water partition coefficient (Wildman–Crippen LogP) is 3.15. The third-order valence-electron chi connectivity index (χ3n) is 3.39. The molecule has 0 aliphatic heterocycles. The van der Waals surface area contributed by atoms with Gasteiger partial charge in [0.25, 0.3) is 0 Å². The standard InChI is InChI=1S/C15H18N2OS/c1-10-8-19-9-14(10)15(17-16)11-3-2-4-13(7-11)18-12-5-6-12/h2-4,7-9,12,15,17H,5-6,16H2,1H3. The highest BCUT2D eigenvalue weighted by Crippen LogP contribution is 2.31. The van der Waals surface area contributed by atoms with Gasteiger partial charge in [0.15, 0.2) is 0 Å². The van der Waals surface area contributed by atoms with Crippen molar-refractivity contribution in [3.05, 3.63) is 51.7 Å². The van der Waals surface area contributed by atoms with Crippen LogP contribution in [-0.2, 0) is 0 Å². The molecule has 19 heavy (non-hydrogen) atoms. The lowest BCUT2D eigenvalue weighted by Crippen LogP contribution is -2.29. The topological polar surface area (TPSA) is 47.3 Å². The molecule has 1 heterocycles. The normalized spacial score (nSPS) is 16.3. The molecule has 0 amide bonds. The average Bonchev–Trinajstić information content (AvgIpc) is 3.13. The van der Waals surface area contributed by atoms with Crippen LogP contribution in [0.4, 0.5) is 0 Å². The molecule has 1 aliphatic carbocycles. The molecule has 100 valence electrons. The summed E-state index contributed by atoms with van der Waals surface area (Å²) in [6.07, 6.45) is 2.77. The molecule has 3 rings (SSSR count). The van der Waals surface area contributed by atoms with Gasteiger partial charge in [-0.1, -0.05) is 12.1 Å². The maximum absolute atomic E-state index is 5.84. The number of nitrogens with two attached hydrogens (primary N) is 1. The fourth-order valence-corrected chi connectivity index (χ4v) is 3.05. The van der Waals surface area contributed by atoms with Gasteiger partial charge in [0.05, 0.1) is 12.1 Å². The molecule has 1 atom stereocenters. The molecular weight excluding hydrogens is 256 g/mol. The van der Waals surface area contributed by atoms with E-state index in [1.165, 1.54) is 24.0 Å². The highest BCUT2D eigenvalue weighted by Gasteiger charge is 2.24. The van der Waals surface area contributed by atoms with Gasteiger partial charge < -0.3 is 4.74 Å². The van der Waals surface area contributed by atoms with Gasteiger partial charge in [-0.15, -0.1) is 0 Å². The fourth-order valence-electron chi connectivity index (χ4n) is 2.18. The second-order valence-electron chi connectivity index (χ2n) is 5.00. The van der Waals surface area contributed by atoms with Crippen molar-refractivity contribution in [2.45, 2.75) is 31.9 Å². The monoisotopic (exact) mass is 274 g/mol. The van der Waals surface area contributed by atoms with E-state index < -0.39 is 0 Å². The smallest absolute Gasteiger partial charge is 0.120 e. The third kappa shape index (κ3) is 2.81. The van der Waals surface area contributed by atoms with Crippen LogP contribution in [0.1, 0.15) is 35.6 Å². The van der Waals surface area contributed by atoms with E-state index in [4.69, 9.17) is 10.6 Å². The molecule has 1 aliphatic rings. The van der Waals surface area contributed by atoms with Crippen LogP contribution < -0.4 is 16.0 Å². The van der Waals surface area contributed by atoms with Crippen molar-refractivity contribution in [1.82, 2.24) is 5.43 Å². The number of hydrazine groups is 1. The first-order valence-corrected chi connectivity index (χ1v) is 7.47. The average molecular weight is 274 g/mol. The SMILES string of the molecule is Cc1cscc1C(NN)c1cccc(OC2CC2)c1. The summed E-state index contributed by atoms with van der Waals surface area (Å²) in [6.45, 7) is 2.11. The number of hydrogen-bond acceptors (Lipinski definition) is 4. The minimum absolute atomic E-state index is 0.0222. The Morgan fingerprint density at radius 3 is 2.84 bits per heavy atom.